The van der Waals surface area contributed by atoms with E-state index in [1.165, 1.54) is 17.8 Å². The van der Waals surface area contributed by atoms with E-state index in [2.05, 4.69) is 5.32 Å². The Balaban J connectivity index is 1.72. The van der Waals surface area contributed by atoms with Gasteiger partial charge >= 0.3 is 0 Å². The third-order valence-corrected chi connectivity index (χ3v) is 9.60. The normalized spacial score (nSPS) is 15.3. The van der Waals surface area contributed by atoms with Crippen molar-refractivity contribution in [2.75, 3.05) is 13.6 Å². The van der Waals surface area contributed by atoms with E-state index < -0.39 is 16.1 Å². The minimum absolute atomic E-state index is 0.100. The van der Waals surface area contributed by atoms with Crippen LogP contribution in [0.1, 0.15) is 63.9 Å². The fraction of sp³-hybridized carbons (Fsp3) is 0.500. The zero-order valence-electron chi connectivity index (χ0n) is 22.0. The van der Waals surface area contributed by atoms with E-state index >= 15 is 0 Å². The molecule has 10 heteroatoms. The molecule has 0 radical (unpaired) electrons. The van der Waals surface area contributed by atoms with Crippen LogP contribution in [0.3, 0.4) is 0 Å². The van der Waals surface area contributed by atoms with Gasteiger partial charge in [0.2, 0.25) is 21.8 Å². The van der Waals surface area contributed by atoms with Gasteiger partial charge in [-0.05, 0) is 55.5 Å². The molecule has 0 bridgehead atoms. The Bertz CT molecular complexity index is 1190. The summed E-state index contributed by atoms with van der Waals surface area (Å²) in [7, 11) is -2.14. The number of rotatable bonds is 12. The SMILES string of the molecule is CCC(C(=O)NC1CCCCC1)N(Cc1ccc(Cl)c(Cl)c1)C(=O)CCCN(C)S(=O)(=O)c1ccccc1. The summed E-state index contributed by atoms with van der Waals surface area (Å²) >= 11 is 12.3. The second kappa shape index (κ2) is 14.3. The highest BCUT2D eigenvalue weighted by atomic mass is 35.5. The molecule has 1 N–H and O–H groups in total. The fourth-order valence-electron chi connectivity index (χ4n) is 4.79. The van der Waals surface area contributed by atoms with Crippen LogP contribution >= 0.6 is 23.2 Å². The number of nitrogens with zero attached hydrogens (tertiary/aromatic N) is 2. The Labute approximate surface area is 236 Å². The number of hydrogen-bond donors (Lipinski definition) is 1. The molecule has 0 heterocycles. The molecular formula is C28H37Cl2N3O4S. The van der Waals surface area contributed by atoms with Gasteiger partial charge in [-0.3, -0.25) is 9.59 Å². The smallest absolute Gasteiger partial charge is 0.243 e. The van der Waals surface area contributed by atoms with E-state index in [9.17, 15) is 18.0 Å². The van der Waals surface area contributed by atoms with Crippen LogP contribution in [0.25, 0.3) is 0 Å². The van der Waals surface area contributed by atoms with Crippen molar-refractivity contribution in [3.05, 3.63) is 64.1 Å². The second-order valence-corrected chi connectivity index (χ2v) is 12.6. The van der Waals surface area contributed by atoms with Gasteiger partial charge in [0.05, 0.1) is 14.9 Å². The Morgan fingerprint density at radius 1 is 1.03 bits per heavy atom. The van der Waals surface area contributed by atoms with Gasteiger partial charge in [0.1, 0.15) is 6.04 Å². The van der Waals surface area contributed by atoms with E-state index in [1.54, 1.807) is 53.4 Å². The third kappa shape index (κ3) is 8.18. The summed E-state index contributed by atoms with van der Waals surface area (Å²) in [5.41, 5.74) is 0.764. The zero-order valence-corrected chi connectivity index (χ0v) is 24.4. The lowest BCUT2D eigenvalue weighted by molar-refractivity contribution is -0.141. The largest absolute Gasteiger partial charge is 0.352 e. The zero-order chi connectivity index (χ0) is 27.7. The average Bonchev–Trinajstić information content (AvgIpc) is 2.91. The van der Waals surface area contributed by atoms with Gasteiger partial charge in [-0.2, -0.15) is 0 Å². The summed E-state index contributed by atoms with van der Waals surface area (Å²) in [5.74, 6) is -0.371. The van der Waals surface area contributed by atoms with E-state index in [1.807, 2.05) is 6.92 Å². The standard InChI is InChI=1S/C28H37Cl2N3O4S/c1-3-26(28(35)31-22-11-6-4-7-12-22)33(20-21-16-17-24(29)25(30)19-21)27(34)15-10-18-32(2)38(36,37)23-13-8-5-9-14-23/h5,8-9,13-14,16-17,19,22,26H,3-4,6-7,10-12,15,18,20H2,1-2H3,(H,31,35). The maximum absolute atomic E-state index is 13.5. The van der Waals surface area contributed by atoms with Crippen molar-refractivity contribution in [2.24, 2.45) is 0 Å². The highest BCUT2D eigenvalue weighted by Gasteiger charge is 2.30. The number of benzene rings is 2. The molecule has 38 heavy (non-hydrogen) atoms. The van der Waals surface area contributed by atoms with Crippen LogP contribution in [0.2, 0.25) is 10.0 Å². The van der Waals surface area contributed by atoms with Crippen LogP contribution in [0.5, 0.6) is 0 Å². The van der Waals surface area contributed by atoms with Gasteiger partial charge in [0.25, 0.3) is 0 Å². The lowest BCUT2D eigenvalue weighted by Crippen LogP contribution is -2.51. The average molecular weight is 583 g/mol. The molecule has 0 spiro atoms. The van der Waals surface area contributed by atoms with Crippen molar-refractivity contribution >= 4 is 45.0 Å². The summed E-state index contributed by atoms with van der Waals surface area (Å²) in [4.78, 5) is 28.6. The van der Waals surface area contributed by atoms with Crippen molar-refractivity contribution in [1.29, 1.82) is 0 Å². The first-order chi connectivity index (χ1) is 18.1. The molecule has 2 aromatic carbocycles. The van der Waals surface area contributed by atoms with E-state index in [4.69, 9.17) is 23.2 Å². The number of amides is 2. The Hall–Kier alpha value is -2.13. The highest BCUT2D eigenvalue weighted by Crippen LogP contribution is 2.25. The molecule has 1 saturated carbocycles. The summed E-state index contributed by atoms with van der Waals surface area (Å²) < 4.78 is 26.9. The molecule has 1 fully saturated rings. The minimum Gasteiger partial charge on any atom is -0.352 e. The Kier molecular flexibility index (Phi) is 11.5. The van der Waals surface area contributed by atoms with E-state index in [-0.39, 0.29) is 42.3 Å². The summed E-state index contributed by atoms with van der Waals surface area (Å²) in [5, 5.41) is 3.95. The second-order valence-electron chi connectivity index (χ2n) is 9.78. The van der Waals surface area contributed by atoms with Crippen molar-refractivity contribution in [3.63, 3.8) is 0 Å². The fourth-order valence-corrected chi connectivity index (χ4v) is 6.34. The quantitative estimate of drug-likeness (QED) is 0.351. The predicted octanol–water partition coefficient (Wildman–Crippen LogP) is 5.65. The molecule has 7 nitrogen and oxygen atoms in total. The van der Waals surface area contributed by atoms with Crippen LogP contribution in [0, 0.1) is 0 Å². The van der Waals surface area contributed by atoms with Gasteiger partial charge in [-0.15, -0.1) is 0 Å². The number of carbonyl (C=O) groups is 2. The molecule has 0 aromatic heterocycles. The van der Waals surface area contributed by atoms with Gasteiger partial charge in [0, 0.05) is 32.6 Å². The molecule has 2 aromatic rings. The summed E-state index contributed by atoms with van der Waals surface area (Å²) in [6.45, 7) is 2.26. The summed E-state index contributed by atoms with van der Waals surface area (Å²) in [6.07, 6.45) is 6.13. The van der Waals surface area contributed by atoms with Gasteiger partial charge in [-0.1, -0.05) is 73.7 Å². The lowest BCUT2D eigenvalue weighted by Gasteiger charge is -2.33. The molecular weight excluding hydrogens is 545 g/mol. The van der Waals surface area contributed by atoms with Crippen molar-refractivity contribution < 1.29 is 18.0 Å². The molecule has 1 aliphatic carbocycles. The van der Waals surface area contributed by atoms with Crippen LogP contribution < -0.4 is 5.32 Å². The van der Waals surface area contributed by atoms with Crippen LogP contribution in [-0.4, -0.2) is 55.1 Å². The predicted molar refractivity (Wildman–Crippen MR) is 152 cm³/mol. The van der Waals surface area contributed by atoms with Crippen LogP contribution in [0.4, 0.5) is 0 Å². The molecule has 0 aliphatic heterocycles. The monoisotopic (exact) mass is 581 g/mol. The highest BCUT2D eigenvalue weighted by molar-refractivity contribution is 7.89. The number of sulfonamides is 1. The first kappa shape index (κ1) is 30.4. The third-order valence-electron chi connectivity index (χ3n) is 6.99. The first-order valence-electron chi connectivity index (χ1n) is 13.2. The number of carbonyl (C=O) groups excluding carboxylic acids is 2. The molecule has 2 amide bonds. The van der Waals surface area contributed by atoms with Crippen LogP contribution in [-0.2, 0) is 26.2 Å². The molecule has 208 valence electrons. The maximum Gasteiger partial charge on any atom is 0.243 e. The molecule has 1 aliphatic rings. The molecule has 1 unspecified atom stereocenters. The van der Waals surface area contributed by atoms with Crippen molar-refractivity contribution in [3.8, 4) is 0 Å². The Morgan fingerprint density at radius 2 is 1.71 bits per heavy atom. The molecule has 0 saturated heterocycles. The Morgan fingerprint density at radius 3 is 2.34 bits per heavy atom. The summed E-state index contributed by atoms with van der Waals surface area (Å²) in [6, 6.07) is 12.9. The van der Waals surface area contributed by atoms with Crippen molar-refractivity contribution in [2.45, 2.75) is 81.8 Å². The molecule has 3 rings (SSSR count). The van der Waals surface area contributed by atoms with Gasteiger partial charge in [-0.25, -0.2) is 12.7 Å². The number of hydrogen-bond acceptors (Lipinski definition) is 4. The van der Waals surface area contributed by atoms with Crippen molar-refractivity contribution in [1.82, 2.24) is 14.5 Å². The van der Waals surface area contributed by atoms with Gasteiger partial charge < -0.3 is 10.2 Å². The molecule has 1 atom stereocenters. The van der Waals surface area contributed by atoms with E-state index in [0.717, 1.165) is 31.2 Å². The maximum atomic E-state index is 13.5. The topological polar surface area (TPSA) is 86.8 Å². The first-order valence-corrected chi connectivity index (χ1v) is 15.4. The van der Waals surface area contributed by atoms with E-state index in [0.29, 0.717) is 22.9 Å². The van der Waals surface area contributed by atoms with Gasteiger partial charge in [0.15, 0.2) is 0 Å². The number of nitrogens with one attached hydrogen (secondary N) is 1. The minimum atomic E-state index is -3.65. The van der Waals surface area contributed by atoms with Crippen LogP contribution in [0.15, 0.2) is 53.4 Å². The lowest BCUT2D eigenvalue weighted by atomic mass is 9.95. The number of halogens is 2.